The molecule has 4 nitrogen and oxygen atoms in total. The number of nitriles is 1. The van der Waals surface area contributed by atoms with Crippen molar-refractivity contribution in [2.24, 2.45) is 5.73 Å². The minimum atomic E-state index is -0.540. The maximum absolute atomic E-state index is 13.1. The van der Waals surface area contributed by atoms with Crippen LogP contribution in [0.4, 0.5) is 0 Å². The molecule has 1 aliphatic heterocycles. The first-order valence-electron chi connectivity index (χ1n) is 8.72. The Morgan fingerprint density at radius 2 is 1.81 bits per heavy atom. The lowest BCUT2D eigenvalue weighted by atomic mass is 9.73. The van der Waals surface area contributed by atoms with Crippen LogP contribution in [0.3, 0.4) is 0 Å². The highest BCUT2D eigenvalue weighted by Crippen LogP contribution is 2.46. The molecule has 2 aromatic rings. The van der Waals surface area contributed by atoms with Crippen molar-refractivity contribution in [3.05, 3.63) is 93.5 Å². The summed E-state index contributed by atoms with van der Waals surface area (Å²) in [5.74, 6) is 0.0928. The van der Waals surface area contributed by atoms with Gasteiger partial charge >= 0.3 is 0 Å². The van der Waals surface area contributed by atoms with Gasteiger partial charge in [-0.1, -0.05) is 54.1 Å². The van der Waals surface area contributed by atoms with E-state index in [1.54, 1.807) is 18.2 Å². The Labute approximate surface area is 162 Å². The SMILES string of the molecule is N#CC1=C(N)OC2=C(C(=O)C[C@H](c3ccccc3)C2)[C@H]1c1cccc(Cl)c1. The summed E-state index contributed by atoms with van der Waals surface area (Å²) in [7, 11) is 0. The van der Waals surface area contributed by atoms with Gasteiger partial charge in [0.05, 0.1) is 5.92 Å². The minimum Gasteiger partial charge on any atom is -0.444 e. The van der Waals surface area contributed by atoms with Crippen LogP contribution in [0, 0.1) is 11.3 Å². The molecule has 0 radical (unpaired) electrons. The van der Waals surface area contributed by atoms with Gasteiger partial charge in [0.1, 0.15) is 17.4 Å². The number of halogens is 1. The molecule has 4 rings (SSSR count). The molecule has 0 amide bonds. The van der Waals surface area contributed by atoms with Crippen LogP contribution in [-0.4, -0.2) is 5.78 Å². The standard InChI is InChI=1S/C22H17ClN2O2/c23-16-8-4-7-14(9-16)20-17(12-24)22(25)27-19-11-15(10-18(26)21(19)20)13-5-2-1-3-6-13/h1-9,15,20H,10-11,25H2/t15-,20-/m0/s1. The van der Waals surface area contributed by atoms with E-state index in [9.17, 15) is 10.1 Å². The summed E-state index contributed by atoms with van der Waals surface area (Å²) in [6.07, 6.45) is 0.948. The largest absolute Gasteiger partial charge is 0.444 e. The summed E-state index contributed by atoms with van der Waals surface area (Å²) in [5.41, 5.74) is 8.68. The zero-order valence-corrected chi connectivity index (χ0v) is 15.2. The molecule has 0 spiro atoms. The molecule has 134 valence electrons. The van der Waals surface area contributed by atoms with E-state index in [-0.39, 0.29) is 23.2 Å². The molecule has 27 heavy (non-hydrogen) atoms. The Morgan fingerprint density at radius 3 is 2.52 bits per heavy atom. The molecule has 0 unspecified atom stereocenters. The predicted octanol–water partition coefficient (Wildman–Crippen LogP) is 4.55. The molecule has 1 heterocycles. The maximum atomic E-state index is 13.1. The van der Waals surface area contributed by atoms with E-state index >= 15 is 0 Å². The van der Waals surface area contributed by atoms with Crippen molar-refractivity contribution in [2.75, 3.05) is 0 Å². The molecule has 1 aliphatic carbocycles. The molecular weight excluding hydrogens is 360 g/mol. The summed E-state index contributed by atoms with van der Waals surface area (Å²) in [5, 5.41) is 10.2. The third-order valence-corrected chi connectivity index (χ3v) is 5.35. The van der Waals surface area contributed by atoms with Gasteiger partial charge in [-0.15, -0.1) is 0 Å². The fourth-order valence-corrected chi connectivity index (χ4v) is 4.09. The monoisotopic (exact) mass is 376 g/mol. The Balaban J connectivity index is 1.80. The lowest BCUT2D eigenvalue weighted by Gasteiger charge is -2.34. The van der Waals surface area contributed by atoms with Crippen LogP contribution in [0.1, 0.15) is 35.8 Å². The summed E-state index contributed by atoms with van der Waals surface area (Å²) in [4.78, 5) is 13.1. The minimum absolute atomic E-state index is 0.0182. The van der Waals surface area contributed by atoms with E-state index < -0.39 is 5.92 Å². The van der Waals surface area contributed by atoms with Gasteiger partial charge in [-0.25, -0.2) is 0 Å². The summed E-state index contributed by atoms with van der Waals surface area (Å²) >= 11 is 6.14. The molecule has 5 heteroatoms. The van der Waals surface area contributed by atoms with Gasteiger partial charge in [0.2, 0.25) is 5.88 Å². The van der Waals surface area contributed by atoms with Gasteiger partial charge in [0.15, 0.2) is 5.78 Å². The van der Waals surface area contributed by atoms with Crippen LogP contribution in [0.2, 0.25) is 5.02 Å². The maximum Gasteiger partial charge on any atom is 0.205 e. The zero-order chi connectivity index (χ0) is 19.0. The van der Waals surface area contributed by atoms with E-state index in [0.717, 1.165) is 11.1 Å². The Hall–Kier alpha value is -3.03. The van der Waals surface area contributed by atoms with Crippen molar-refractivity contribution in [3.8, 4) is 6.07 Å². The molecular formula is C22H17ClN2O2. The number of allylic oxidation sites excluding steroid dienone is 3. The average molecular weight is 377 g/mol. The first kappa shape index (κ1) is 17.4. The van der Waals surface area contributed by atoms with E-state index in [2.05, 4.69) is 6.07 Å². The van der Waals surface area contributed by atoms with Gasteiger partial charge in [-0.05, 0) is 29.2 Å². The third-order valence-electron chi connectivity index (χ3n) is 5.11. The molecule has 0 saturated heterocycles. The second-order valence-corrected chi connectivity index (χ2v) is 7.19. The summed E-state index contributed by atoms with van der Waals surface area (Å²) in [6, 6.07) is 19.2. The van der Waals surface area contributed by atoms with Crippen molar-refractivity contribution in [3.63, 3.8) is 0 Å². The normalized spacial score (nSPS) is 22.1. The van der Waals surface area contributed by atoms with Crippen molar-refractivity contribution < 1.29 is 9.53 Å². The highest BCUT2D eigenvalue weighted by atomic mass is 35.5. The molecule has 0 bridgehead atoms. The van der Waals surface area contributed by atoms with Crippen LogP contribution in [-0.2, 0) is 9.53 Å². The number of Topliss-reactive ketones (excluding diaryl/α,β-unsaturated/α-hetero) is 1. The number of benzene rings is 2. The summed E-state index contributed by atoms with van der Waals surface area (Å²) in [6.45, 7) is 0. The lowest BCUT2D eigenvalue weighted by molar-refractivity contribution is -0.117. The van der Waals surface area contributed by atoms with E-state index in [1.807, 2.05) is 36.4 Å². The number of hydrogen-bond donors (Lipinski definition) is 1. The Morgan fingerprint density at radius 1 is 1.07 bits per heavy atom. The van der Waals surface area contributed by atoms with E-state index in [1.165, 1.54) is 0 Å². The second kappa shape index (κ2) is 6.94. The molecule has 0 saturated carbocycles. The van der Waals surface area contributed by atoms with Gasteiger partial charge in [0, 0.05) is 23.4 Å². The number of nitrogens with zero attached hydrogens (tertiary/aromatic N) is 1. The van der Waals surface area contributed by atoms with Crippen LogP contribution >= 0.6 is 11.6 Å². The van der Waals surface area contributed by atoms with Crippen molar-refractivity contribution in [1.82, 2.24) is 0 Å². The molecule has 2 N–H and O–H groups in total. The average Bonchev–Trinajstić information content (AvgIpc) is 2.67. The highest BCUT2D eigenvalue weighted by Gasteiger charge is 2.40. The smallest absolute Gasteiger partial charge is 0.205 e. The predicted molar refractivity (Wildman–Crippen MR) is 103 cm³/mol. The third kappa shape index (κ3) is 3.11. The molecule has 2 atom stereocenters. The second-order valence-electron chi connectivity index (χ2n) is 6.76. The first-order valence-corrected chi connectivity index (χ1v) is 9.10. The highest BCUT2D eigenvalue weighted by molar-refractivity contribution is 6.30. The van der Waals surface area contributed by atoms with E-state index in [4.69, 9.17) is 22.1 Å². The van der Waals surface area contributed by atoms with Crippen LogP contribution in [0.5, 0.6) is 0 Å². The number of rotatable bonds is 2. The van der Waals surface area contributed by atoms with Gasteiger partial charge < -0.3 is 10.5 Å². The fraction of sp³-hybridized carbons (Fsp3) is 0.182. The van der Waals surface area contributed by atoms with Crippen LogP contribution < -0.4 is 5.73 Å². The zero-order valence-electron chi connectivity index (χ0n) is 14.5. The topological polar surface area (TPSA) is 76.1 Å². The lowest BCUT2D eigenvalue weighted by Crippen LogP contribution is -2.29. The molecule has 0 aromatic heterocycles. The Kier molecular flexibility index (Phi) is 4.47. The van der Waals surface area contributed by atoms with Crippen molar-refractivity contribution in [1.29, 1.82) is 5.26 Å². The number of carbonyl (C=O) groups is 1. The van der Waals surface area contributed by atoms with Gasteiger partial charge in [0.25, 0.3) is 0 Å². The molecule has 0 fully saturated rings. The number of ketones is 1. The number of hydrogen-bond acceptors (Lipinski definition) is 4. The van der Waals surface area contributed by atoms with Crippen LogP contribution in [0.25, 0.3) is 0 Å². The van der Waals surface area contributed by atoms with Crippen molar-refractivity contribution >= 4 is 17.4 Å². The number of carbonyl (C=O) groups excluding carboxylic acids is 1. The number of ether oxygens (including phenoxy) is 1. The fourth-order valence-electron chi connectivity index (χ4n) is 3.89. The van der Waals surface area contributed by atoms with Gasteiger partial charge in [-0.2, -0.15) is 5.26 Å². The van der Waals surface area contributed by atoms with Crippen molar-refractivity contribution in [2.45, 2.75) is 24.7 Å². The molecule has 2 aromatic carbocycles. The van der Waals surface area contributed by atoms with Crippen LogP contribution in [0.15, 0.2) is 77.4 Å². The molecule has 2 aliphatic rings. The Bertz CT molecular complexity index is 1020. The van der Waals surface area contributed by atoms with E-state index in [0.29, 0.717) is 29.2 Å². The number of nitrogens with two attached hydrogens (primary N) is 1. The summed E-state index contributed by atoms with van der Waals surface area (Å²) < 4.78 is 5.76. The first-order chi connectivity index (χ1) is 13.1. The quantitative estimate of drug-likeness (QED) is 0.834. The van der Waals surface area contributed by atoms with Gasteiger partial charge in [-0.3, -0.25) is 4.79 Å².